The van der Waals surface area contributed by atoms with E-state index in [-0.39, 0.29) is 17.5 Å². The maximum Gasteiger partial charge on any atom is 0.261 e. The molecule has 1 amide bonds. The summed E-state index contributed by atoms with van der Waals surface area (Å²) in [6.45, 7) is 2.63. The third-order valence-corrected chi connectivity index (χ3v) is 5.80. The maximum absolute atomic E-state index is 12.9. The fourth-order valence-corrected chi connectivity index (χ4v) is 4.39. The minimum Gasteiger partial charge on any atom is -0.332 e. The summed E-state index contributed by atoms with van der Waals surface area (Å²) in [7, 11) is 1.74. The first kappa shape index (κ1) is 16.9. The molecule has 1 unspecified atom stereocenters. The van der Waals surface area contributed by atoms with Crippen molar-refractivity contribution in [1.29, 1.82) is 0 Å². The van der Waals surface area contributed by atoms with Crippen molar-refractivity contribution in [3.63, 3.8) is 0 Å². The van der Waals surface area contributed by atoms with Gasteiger partial charge >= 0.3 is 0 Å². The Kier molecular flexibility index (Phi) is 4.32. The molecule has 2 aromatic heterocycles. The summed E-state index contributed by atoms with van der Waals surface area (Å²) in [6, 6.07) is 7.20. The van der Waals surface area contributed by atoms with E-state index in [1.165, 1.54) is 0 Å². The molecule has 3 heterocycles. The number of hydrogen-bond donors (Lipinski definition) is 0. The first-order valence-corrected chi connectivity index (χ1v) is 9.52. The highest BCUT2D eigenvalue weighted by Crippen LogP contribution is 2.31. The molecule has 4 rings (SSSR count). The predicted molar refractivity (Wildman–Crippen MR) is 101 cm³/mol. The van der Waals surface area contributed by atoms with Crippen LogP contribution in [-0.2, 0) is 18.3 Å². The predicted octanol–water partition coefficient (Wildman–Crippen LogP) is 2.60. The van der Waals surface area contributed by atoms with Crippen molar-refractivity contribution in [3.05, 3.63) is 56.5 Å². The molecule has 6 nitrogen and oxygen atoms in total. The van der Waals surface area contributed by atoms with Crippen LogP contribution in [0.2, 0.25) is 0 Å². The largest absolute Gasteiger partial charge is 0.332 e. The highest BCUT2D eigenvalue weighted by Gasteiger charge is 2.33. The van der Waals surface area contributed by atoms with Crippen LogP contribution in [-0.4, -0.2) is 31.9 Å². The third-order valence-electron chi connectivity index (χ3n) is 4.88. The minimum absolute atomic E-state index is 0.0667. The summed E-state index contributed by atoms with van der Waals surface area (Å²) in [6.07, 6.45) is 3.86. The van der Waals surface area contributed by atoms with Crippen molar-refractivity contribution in [2.45, 2.75) is 32.2 Å². The molecule has 0 aliphatic carbocycles. The smallest absolute Gasteiger partial charge is 0.261 e. The molecule has 1 aliphatic rings. The van der Waals surface area contributed by atoms with Crippen LogP contribution in [0.3, 0.4) is 0 Å². The number of benzene rings is 1. The van der Waals surface area contributed by atoms with E-state index >= 15 is 0 Å². The quantitative estimate of drug-likeness (QED) is 0.713. The van der Waals surface area contributed by atoms with E-state index in [4.69, 9.17) is 4.98 Å². The van der Waals surface area contributed by atoms with Gasteiger partial charge in [0.1, 0.15) is 5.82 Å². The molecule has 1 atom stereocenters. The Hall–Kier alpha value is -2.54. The molecule has 1 aliphatic heterocycles. The number of carbonyl (C=O) groups excluding carboxylic acids is 1. The standard InChI is InChI=1S/C19H20N4O2S/c1-12-20-11-13(26-12)10-17(24)23-9-5-8-16(23)18-21-15-7-4-3-6-14(15)19(25)22(18)2/h3-4,6-7,11,16H,5,8-10H2,1-2H3. The zero-order valence-electron chi connectivity index (χ0n) is 14.8. The molecule has 1 saturated heterocycles. The Labute approximate surface area is 155 Å². The van der Waals surface area contributed by atoms with Gasteiger partial charge in [0.15, 0.2) is 0 Å². The van der Waals surface area contributed by atoms with Crippen LogP contribution in [0.15, 0.2) is 35.3 Å². The molecule has 134 valence electrons. The lowest BCUT2D eigenvalue weighted by Crippen LogP contribution is -2.35. The minimum atomic E-state index is -0.154. The van der Waals surface area contributed by atoms with Gasteiger partial charge in [0, 0.05) is 24.7 Å². The van der Waals surface area contributed by atoms with Crippen LogP contribution < -0.4 is 5.56 Å². The lowest BCUT2D eigenvalue weighted by Gasteiger charge is -2.25. The molecule has 0 spiro atoms. The van der Waals surface area contributed by atoms with E-state index in [0.29, 0.717) is 29.7 Å². The Morgan fingerprint density at radius 2 is 2.15 bits per heavy atom. The van der Waals surface area contributed by atoms with Gasteiger partial charge in [0.05, 0.1) is 28.4 Å². The number of rotatable bonds is 3. The van der Waals surface area contributed by atoms with Crippen molar-refractivity contribution < 1.29 is 4.79 Å². The van der Waals surface area contributed by atoms with Gasteiger partial charge < -0.3 is 4.90 Å². The number of aryl methyl sites for hydroxylation is 1. The van der Waals surface area contributed by atoms with Gasteiger partial charge in [-0.15, -0.1) is 11.3 Å². The van der Waals surface area contributed by atoms with Crippen LogP contribution in [0.25, 0.3) is 10.9 Å². The van der Waals surface area contributed by atoms with Crippen molar-refractivity contribution in [1.82, 2.24) is 19.4 Å². The molecular formula is C19H20N4O2S. The van der Waals surface area contributed by atoms with Gasteiger partial charge in [-0.1, -0.05) is 12.1 Å². The van der Waals surface area contributed by atoms with E-state index < -0.39 is 0 Å². The van der Waals surface area contributed by atoms with Crippen molar-refractivity contribution >= 4 is 28.1 Å². The van der Waals surface area contributed by atoms with E-state index in [1.807, 2.05) is 30.0 Å². The number of aromatic nitrogens is 3. The van der Waals surface area contributed by atoms with Crippen LogP contribution in [0.5, 0.6) is 0 Å². The van der Waals surface area contributed by atoms with Gasteiger partial charge in [-0.05, 0) is 31.9 Å². The molecule has 1 fully saturated rings. The van der Waals surface area contributed by atoms with Crippen LogP contribution >= 0.6 is 11.3 Å². The molecule has 7 heteroatoms. The van der Waals surface area contributed by atoms with Gasteiger partial charge in [0.2, 0.25) is 5.91 Å². The van der Waals surface area contributed by atoms with E-state index in [1.54, 1.807) is 35.2 Å². The summed E-state index contributed by atoms with van der Waals surface area (Å²) in [5.41, 5.74) is 0.617. The Morgan fingerprint density at radius 1 is 1.35 bits per heavy atom. The Bertz CT molecular complexity index is 1040. The first-order chi connectivity index (χ1) is 12.5. The summed E-state index contributed by atoms with van der Waals surface area (Å²) in [5, 5.41) is 1.57. The topological polar surface area (TPSA) is 68.1 Å². The lowest BCUT2D eigenvalue weighted by atomic mass is 10.1. The number of thiazole rings is 1. The number of likely N-dealkylation sites (tertiary alicyclic amines) is 1. The van der Waals surface area contributed by atoms with Crippen LogP contribution in [0, 0.1) is 6.92 Å². The number of amides is 1. The third kappa shape index (κ3) is 2.92. The second-order valence-electron chi connectivity index (χ2n) is 6.62. The van der Waals surface area contributed by atoms with Gasteiger partial charge in [-0.3, -0.25) is 14.2 Å². The van der Waals surface area contributed by atoms with Gasteiger partial charge in [0.25, 0.3) is 5.56 Å². The number of carbonyl (C=O) groups is 1. The Morgan fingerprint density at radius 3 is 2.92 bits per heavy atom. The van der Waals surface area contributed by atoms with E-state index in [9.17, 15) is 9.59 Å². The van der Waals surface area contributed by atoms with Gasteiger partial charge in [-0.2, -0.15) is 0 Å². The fourth-order valence-electron chi connectivity index (χ4n) is 3.60. The fraction of sp³-hybridized carbons (Fsp3) is 0.368. The maximum atomic E-state index is 12.9. The molecule has 0 radical (unpaired) electrons. The molecule has 0 saturated carbocycles. The number of para-hydroxylation sites is 1. The summed E-state index contributed by atoms with van der Waals surface area (Å²) < 4.78 is 1.59. The molecular weight excluding hydrogens is 348 g/mol. The van der Waals surface area contributed by atoms with E-state index in [0.717, 1.165) is 22.7 Å². The SMILES string of the molecule is Cc1ncc(CC(=O)N2CCCC2c2nc3ccccc3c(=O)n2C)s1. The Balaban J connectivity index is 1.68. The molecule has 3 aromatic rings. The normalized spacial score (nSPS) is 17.2. The van der Waals surface area contributed by atoms with Crippen molar-refractivity contribution in [2.24, 2.45) is 7.05 Å². The second kappa shape index (κ2) is 6.64. The van der Waals surface area contributed by atoms with Gasteiger partial charge in [-0.25, -0.2) is 9.97 Å². The average molecular weight is 368 g/mol. The summed E-state index contributed by atoms with van der Waals surface area (Å²) >= 11 is 1.55. The molecule has 0 bridgehead atoms. The molecule has 0 N–H and O–H groups in total. The average Bonchev–Trinajstić information content (AvgIpc) is 3.27. The summed E-state index contributed by atoms with van der Waals surface area (Å²) in [5.74, 6) is 0.735. The lowest BCUT2D eigenvalue weighted by molar-refractivity contribution is -0.131. The van der Waals surface area contributed by atoms with Crippen molar-refractivity contribution in [3.8, 4) is 0 Å². The molecule has 26 heavy (non-hydrogen) atoms. The number of nitrogens with zero attached hydrogens (tertiary/aromatic N) is 4. The number of hydrogen-bond acceptors (Lipinski definition) is 5. The zero-order valence-corrected chi connectivity index (χ0v) is 15.6. The second-order valence-corrected chi connectivity index (χ2v) is 7.94. The molecule has 1 aromatic carbocycles. The zero-order chi connectivity index (χ0) is 18.3. The number of fused-ring (bicyclic) bond motifs is 1. The van der Waals surface area contributed by atoms with Crippen LogP contribution in [0.4, 0.5) is 0 Å². The van der Waals surface area contributed by atoms with E-state index in [2.05, 4.69) is 4.98 Å². The highest BCUT2D eigenvalue weighted by atomic mass is 32.1. The first-order valence-electron chi connectivity index (χ1n) is 8.71. The monoisotopic (exact) mass is 368 g/mol. The summed E-state index contributed by atoms with van der Waals surface area (Å²) in [4.78, 5) is 37.3. The van der Waals surface area contributed by atoms with Crippen LogP contribution in [0.1, 0.15) is 34.6 Å². The highest BCUT2D eigenvalue weighted by molar-refractivity contribution is 7.11. The van der Waals surface area contributed by atoms with Crippen molar-refractivity contribution in [2.75, 3.05) is 6.54 Å².